The van der Waals surface area contributed by atoms with E-state index in [4.69, 9.17) is 9.15 Å². The highest BCUT2D eigenvalue weighted by atomic mass is 16.5. The van der Waals surface area contributed by atoms with Crippen molar-refractivity contribution in [2.75, 3.05) is 51.3 Å². The fourth-order valence-electron chi connectivity index (χ4n) is 4.69. The maximum absolute atomic E-state index is 13.2. The number of rotatable bonds is 4. The molecule has 2 amide bonds. The molecular formula is C24H31N3O4. The van der Waals surface area contributed by atoms with Crippen molar-refractivity contribution < 1.29 is 18.7 Å². The first-order chi connectivity index (χ1) is 15.0. The van der Waals surface area contributed by atoms with Crippen LogP contribution in [0.15, 0.2) is 34.7 Å². The standard InChI is InChI=1S/C24H31N3O4/c1-17-15-20(18(2)31-17)24(29)27-10-6-7-19(16-27)23(28)26-13-11-25(12-14-26)21-8-4-5-9-22(21)30-3/h4-5,8-9,15,19H,6-7,10-14,16H2,1-3H3. The van der Waals surface area contributed by atoms with Gasteiger partial charge in [0, 0.05) is 39.3 Å². The molecule has 0 saturated carbocycles. The van der Waals surface area contributed by atoms with Gasteiger partial charge in [-0.15, -0.1) is 0 Å². The van der Waals surface area contributed by atoms with E-state index in [0.29, 0.717) is 37.5 Å². The van der Waals surface area contributed by atoms with Gasteiger partial charge in [0.1, 0.15) is 17.3 Å². The Morgan fingerprint density at radius 3 is 2.45 bits per heavy atom. The highest BCUT2D eigenvalue weighted by Crippen LogP contribution is 2.29. The number of methoxy groups -OCH3 is 1. The molecule has 1 unspecified atom stereocenters. The molecule has 1 aromatic heterocycles. The molecule has 1 atom stereocenters. The molecule has 2 saturated heterocycles. The van der Waals surface area contributed by atoms with E-state index in [1.165, 1.54) is 0 Å². The highest BCUT2D eigenvalue weighted by molar-refractivity contribution is 5.95. The van der Waals surface area contributed by atoms with E-state index in [1.54, 1.807) is 13.2 Å². The van der Waals surface area contributed by atoms with Crippen LogP contribution in [0.5, 0.6) is 5.75 Å². The number of para-hydroxylation sites is 2. The molecule has 0 N–H and O–H groups in total. The van der Waals surface area contributed by atoms with E-state index in [0.717, 1.165) is 43.1 Å². The second kappa shape index (κ2) is 9.04. The van der Waals surface area contributed by atoms with Crippen LogP contribution in [0.25, 0.3) is 0 Å². The summed E-state index contributed by atoms with van der Waals surface area (Å²) in [5.41, 5.74) is 1.67. The van der Waals surface area contributed by atoms with Gasteiger partial charge in [-0.3, -0.25) is 9.59 Å². The number of hydrogen-bond donors (Lipinski definition) is 0. The Balaban J connectivity index is 1.36. The summed E-state index contributed by atoms with van der Waals surface area (Å²) in [6.45, 7) is 7.74. The topological polar surface area (TPSA) is 66.2 Å². The van der Waals surface area contributed by atoms with Gasteiger partial charge in [-0.05, 0) is 44.9 Å². The average molecular weight is 426 g/mol. The predicted molar refractivity (Wildman–Crippen MR) is 119 cm³/mol. The zero-order chi connectivity index (χ0) is 22.0. The molecule has 0 bridgehead atoms. The Kier molecular flexibility index (Phi) is 6.20. The Morgan fingerprint density at radius 1 is 1.03 bits per heavy atom. The van der Waals surface area contributed by atoms with Gasteiger partial charge in [-0.1, -0.05) is 12.1 Å². The first-order valence-electron chi connectivity index (χ1n) is 11.0. The minimum Gasteiger partial charge on any atom is -0.495 e. The van der Waals surface area contributed by atoms with E-state index < -0.39 is 0 Å². The van der Waals surface area contributed by atoms with E-state index in [1.807, 2.05) is 41.8 Å². The summed E-state index contributed by atoms with van der Waals surface area (Å²) in [7, 11) is 1.68. The number of amides is 2. The van der Waals surface area contributed by atoms with Crippen LogP contribution in [0.3, 0.4) is 0 Å². The number of aryl methyl sites for hydroxylation is 2. The van der Waals surface area contributed by atoms with Crippen molar-refractivity contribution in [1.29, 1.82) is 0 Å². The second-order valence-corrected chi connectivity index (χ2v) is 8.40. The molecule has 31 heavy (non-hydrogen) atoms. The van der Waals surface area contributed by atoms with Crippen molar-refractivity contribution in [3.63, 3.8) is 0 Å². The number of furan rings is 1. The highest BCUT2D eigenvalue weighted by Gasteiger charge is 2.34. The number of hydrogen-bond acceptors (Lipinski definition) is 5. The van der Waals surface area contributed by atoms with Crippen LogP contribution in [0.1, 0.15) is 34.7 Å². The molecule has 4 rings (SSSR count). The lowest BCUT2D eigenvalue weighted by Crippen LogP contribution is -2.53. The zero-order valence-corrected chi connectivity index (χ0v) is 18.6. The van der Waals surface area contributed by atoms with Crippen LogP contribution in [0, 0.1) is 19.8 Å². The molecule has 2 fully saturated rings. The van der Waals surface area contributed by atoms with Gasteiger partial charge < -0.3 is 23.9 Å². The van der Waals surface area contributed by atoms with Crippen molar-refractivity contribution in [3.05, 3.63) is 47.4 Å². The van der Waals surface area contributed by atoms with Crippen molar-refractivity contribution in [2.24, 2.45) is 5.92 Å². The molecule has 2 aliphatic rings. The van der Waals surface area contributed by atoms with Crippen LogP contribution < -0.4 is 9.64 Å². The smallest absolute Gasteiger partial charge is 0.257 e. The number of likely N-dealkylation sites (tertiary alicyclic amines) is 1. The Morgan fingerprint density at radius 2 is 1.77 bits per heavy atom. The number of carbonyl (C=O) groups is 2. The summed E-state index contributed by atoms with van der Waals surface area (Å²) in [6, 6.07) is 9.78. The minimum atomic E-state index is -0.135. The van der Waals surface area contributed by atoms with Gasteiger partial charge in [0.05, 0.1) is 24.3 Å². The molecule has 2 aromatic rings. The first kappa shape index (κ1) is 21.3. The predicted octanol–water partition coefficient (Wildman–Crippen LogP) is 3.11. The van der Waals surface area contributed by atoms with Gasteiger partial charge in [-0.2, -0.15) is 0 Å². The molecule has 0 radical (unpaired) electrons. The van der Waals surface area contributed by atoms with Gasteiger partial charge in [0.25, 0.3) is 5.91 Å². The van der Waals surface area contributed by atoms with Crippen LogP contribution in [0.2, 0.25) is 0 Å². The molecular weight excluding hydrogens is 394 g/mol. The maximum Gasteiger partial charge on any atom is 0.257 e. The third-order valence-corrected chi connectivity index (χ3v) is 6.35. The normalized spacial score (nSPS) is 19.5. The number of piperidine rings is 1. The van der Waals surface area contributed by atoms with E-state index in [2.05, 4.69) is 11.0 Å². The number of ether oxygens (including phenoxy) is 1. The molecule has 166 valence electrons. The van der Waals surface area contributed by atoms with Crippen LogP contribution in [0.4, 0.5) is 5.69 Å². The maximum atomic E-state index is 13.2. The molecule has 1 aromatic carbocycles. The number of benzene rings is 1. The van der Waals surface area contributed by atoms with E-state index >= 15 is 0 Å². The SMILES string of the molecule is COc1ccccc1N1CCN(C(=O)C2CCCN(C(=O)c3cc(C)oc3C)C2)CC1. The molecule has 3 heterocycles. The summed E-state index contributed by atoms with van der Waals surface area (Å²) >= 11 is 0. The summed E-state index contributed by atoms with van der Waals surface area (Å²) in [6.07, 6.45) is 1.68. The zero-order valence-electron chi connectivity index (χ0n) is 18.6. The fourth-order valence-corrected chi connectivity index (χ4v) is 4.69. The van der Waals surface area contributed by atoms with E-state index in [9.17, 15) is 9.59 Å². The molecule has 2 aliphatic heterocycles. The molecule has 7 nitrogen and oxygen atoms in total. The molecule has 0 aliphatic carbocycles. The lowest BCUT2D eigenvalue weighted by atomic mass is 9.95. The lowest BCUT2D eigenvalue weighted by molar-refractivity contribution is -0.137. The third kappa shape index (κ3) is 4.40. The largest absolute Gasteiger partial charge is 0.495 e. The first-order valence-corrected chi connectivity index (χ1v) is 11.0. The van der Waals surface area contributed by atoms with Gasteiger partial charge in [-0.25, -0.2) is 0 Å². The number of nitrogens with zero attached hydrogens (tertiary/aromatic N) is 3. The lowest BCUT2D eigenvalue weighted by Gasteiger charge is -2.40. The Labute approximate surface area is 183 Å². The van der Waals surface area contributed by atoms with Crippen LogP contribution >= 0.6 is 0 Å². The average Bonchev–Trinajstić information content (AvgIpc) is 3.16. The third-order valence-electron chi connectivity index (χ3n) is 6.35. The summed E-state index contributed by atoms with van der Waals surface area (Å²) in [5, 5.41) is 0. The number of anilines is 1. The van der Waals surface area contributed by atoms with Crippen molar-refractivity contribution >= 4 is 17.5 Å². The summed E-state index contributed by atoms with van der Waals surface area (Å²) in [4.78, 5) is 32.2. The quantitative estimate of drug-likeness (QED) is 0.753. The Bertz CT molecular complexity index is 946. The van der Waals surface area contributed by atoms with E-state index in [-0.39, 0.29) is 17.7 Å². The van der Waals surface area contributed by atoms with Crippen LogP contribution in [-0.4, -0.2) is 68.0 Å². The second-order valence-electron chi connectivity index (χ2n) is 8.40. The fraction of sp³-hybridized carbons (Fsp3) is 0.500. The van der Waals surface area contributed by atoms with Gasteiger partial charge in [0.15, 0.2) is 0 Å². The number of carbonyl (C=O) groups excluding carboxylic acids is 2. The molecule has 0 spiro atoms. The van der Waals surface area contributed by atoms with Gasteiger partial charge in [0.2, 0.25) is 5.91 Å². The van der Waals surface area contributed by atoms with Crippen molar-refractivity contribution in [1.82, 2.24) is 9.80 Å². The van der Waals surface area contributed by atoms with Crippen LogP contribution in [-0.2, 0) is 4.79 Å². The number of piperazine rings is 1. The van der Waals surface area contributed by atoms with Gasteiger partial charge >= 0.3 is 0 Å². The minimum absolute atomic E-state index is 0.0344. The monoisotopic (exact) mass is 425 g/mol. The van der Waals surface area contributed by atoms with Crippen molar-refractivity contribution in [2.45, 2.75) is 26.7 Å². The molecule has 7 heteroatoms. The summed E-state index contributed by atoms with van der Waals surface area (Å²) < 4.78 is 11.0. The van der Waals surface area contributed by atoms with Crippen molar-refractivity contribution in [3.8, 4) is 5.75 Å². The summed E-state index contributed by atoms with van der Waals surface area (Å²) in [5.74, 6) is 2.23. The Hall–Kier alpha value is -2.96.